The van der Waals surface area contributed by atoms with E-state index in [-0.39, 0.29) is 0 Å². The van der Waals surface area contributed by atoms with Gasteiger partial charge in [-0.1, -0.05) is 0 Å². The fourth-order valence-corrected chi connectivity index (χ4v) is 1.53. The molecule has 1 fully saturated rings. The molecule has 4 N–H and O–H groups in total. The topological polar surface area (TPSA) is 48.1 Å². The second-order valence-electron chi connectivity index (χ2n) is 3.74. The number of rotatable bonds is 0. The van der Waals surface area contributed by atoms with Crippen molar-refractivity contribution >= 4 is 0 Å². The second-order valence-corrected chi connectivity index (χ2v) is 3.74. The van der Waals surface area contributed by atoms with Gasteiger partial charge in [-0.3, -0.25) is 0 Å². The predicted molar refractivity (Wildman–Crippen MR) is 60.5 cm³/mol. The quantitative estimate of drug-likeness (QED) is 0.425. The summed E-state index contributed by atoms with van der Waals surface area (Å²) >= 11 is 0. The van der Waals surface area contributed by atoms with Gasteiger partial charge in [0.05, 0.1) is 0 Å². The molecule has 0 aromatic rings. The highest BCUT2D eigenvalue weighted by molar-refractivity contribution is 4.56. The van der Waals surface area contributed by atoms with Crippen LogP contribution in [0.15, 0.2) is 0 Å². The van der Waals surface area contributed by atoms with Crippen LogP contribution in [0.5, 0.6) is 0 Å². The highest BCUT2D eigenvalue weighted by Crippen LogP contribution is 1.84. The minimum Gasteiger partial charge on any atom is -0.315 e. The largest absolute Gasteiger partial charge is 0.315 e. The molecule has 0 aromatic carbocycles. The zero-order valence-electron chi connectivity index (χ0n) is 9.07. The number of hydrogen-bond donors (Lipinski definition) is 4. The Kier molecular flexibility index (Phi) is 8.00. The molecule has 0 spiro atoms. The molecule has 1 aliphatic rings. The molecule has 1 heterocycles. The van der Waals surface area contributed by atoms with Crippen LogP contribution in [0, 0.1) is 0 Å². The Morgan fingerprint density at radius 3 is 1.64 bits per heavy atom. The van der Waals surface area contributed by atoms with E-state index in [2.05, 4.69) is 21.3 Å². The lowest BCUT2D eigenvalue weighted by molar-refractivity contribution is 0.511. The predicted octanol–water partition coefficient (Wildman–Crippen LogP) is -0.514. The smallest absolute Gasteiger partial charge is 0.0454 e. The molecule has 0 aromatic heterocycles. The summed E-state index contributed by atoms with van der Waals surface area (Å²) in [6.45, 7) is 7.65. The first-order valence-electron chi connectivity index (χ1n) is 5.83. The number of hydrogen-bond acceptors (Lipinski definition) is 4. The van der Waals surface area contributed by atoms with Gasteiger partial charge < -0.3 is 21.3 Å². The van der Waals surface area contributed by atoms with Gasteiger partial charge in [0.25, 0.3) is 0 Å². The normalized spacial score (nSPS) is 24.0. The van der Waals surface area contributed by atoms with Crippen LogP contribution in [-0.2, 0) is 0 Å². The van der Waals surface area contributed by atoms with Gasteiger partial charge in [-0.15, -0.1) is 0 Å². The van der Waals surface area contributed by atoms with Crippen molar-refractivity contribution in [3.05, 3.63) is 0 Å². The van der Waals surface area contributed by atoms with Gasteiger partial charge in [-0.25, -0.2) is 0 Å². The minimum atomic E-state index is 0.952. The fraction of sp³-hybridized carbons (Fsp3) is 1.00. The highest BCUT2D eigenvalue weighted by Gasteiger charge is 1.93. The molecule has 14 heavy (non-hydrogen) atoms. The van der Waals surface area contributed by atoms with E-state index in [1.807, 2.05) is 0 Å². The molecule has 0 radical (unpaired) electrons. The molecule has 0 amide bonds. The number of nitrogens with one attached hydrogen (secondary N) is 4. The Morgan fingerprint density at radius 1 is 0.429 bits per heavy atom. The lowest BCUT2D eigenvalue weighted by atomic mass is 10.3. The van der Waals surface area contributed by atoms with Crippen LogP contribution in [0.25, 0.3) is 0 Å². The Morgan fingerprint density at radius 2 is 0.929 bits per heavy atom. The molecule has 0 bridgehead atoms. The molecule has 4 heteroatoms. The van der Waals surface area contributed by atoms with Crippen LogP contribution in [0.2, 0.25) is 0 Å². The summed E-state index contributed by atoms with van der Waals surface area (Å²) in [6.07, 6.45) is 3.75. The van der Waals surface area contributed by atoms with E-state index >= 15 is 0 Å². The Hall–Kier alpha value is -0.160. The van der Waals surface area contributed by atoms with E-state index in [1.165, 1.54) is 19.3 Å². The maximum absolute atomic E-state index is 3.43. The van der Waals surface area contributed by atoms with Crippen molar-refractivity contribution in [3.63, 3.8) is 0 Å². The second kappa shape index (κ2) is 9.40. The van der Waals surface area contributed by atoms with Crippen molar-refractivity contribution < 1.29 is 0 Å². The summed E-state index contributed by atoms with van der Waals surface area (Å²) in [5.74, 6) is 0. The first-order chi connectivity index (χ1) is 7.00. The third kappa shape index (κ3) is 7.26. The average Bonchev–Trinajstić information content (AvgIpc) is 2.22. The van der Waals surface area contributed by atoms with Crippen molar-refractivity contribution in [2.75, 3.05) is 45.9 Å². The molecule has 0 saturated carbocycles. The molecule has 4 nitrogen and oxygen atoms in total. The molecular weight excluding hydrogens is 176 g/mol. The van der Waals surface area contributed by atoms with E-state index in [9.17, 15) is 0 Å². The summed E-state index contributed by atoms with van der Waals surface area (Å²) in [4.78, 5) is 0. The van der Waals surface area contributed by atoms with Gasteiger partial charge in [-0.2, -0.15) is 0 Å². The molecule has 0 unspecified atom stereocenters. The zero-order chi connectivity index (χ0) is 9.90. The van der Waals surface area contributed by atoms with Crippen LogP contribution in [0.4, 0.5) is 0 Å². The van der Waals surface area contributed by atoms with E-state index in [1.54, 1.807) is 0 Å². The van der Waals surface area contributed by atoms with E-state index in [0.29, 0.717) is 0 Å². The molecule has 1 aliphatic heterocycles. The van der Waals surface area contributed by atoms with Crippen molar-refractivity contribution in [1.82, 2.24) is 21.3 Å². The Balaban J connectivity index is 2.00. The summed E-state index contributed by atoms with van der Waals surface area (Å²) in [5.41, 5.74) is 0. The van der Waals surface area contributed by atoms with Gasteiger partial charge in [0.1, 0.15) is 0 Å². The minimum absolute atomic E-state index is 0.952. The summed E-state index contributed by atoms with van der Waals surface area (Å²) < 4.78 is 0. The van der Waals surface area contributed by atoms with E-state index in [4.69, 9.17) is 0 Å². The lowest BCUT2D eigenvalue weighted by Crippen LogP contribution is -2.34. The highest BCUT2D eigenvalue weighted by atomic mass is 15.1. The van der Waals surface area contributed by atoms with E-state index < -0.39 is 0 Å². The van der Waals surface area contributed by atoms with Crippen LogP contribution in [0.1, 0.15) is 19.3 Å². The standard InChI is InChI=1S/C10H24N4/c1-2-5-13-10-14-7-3-6-12-9-8-11-4-1/h11-14H,1-10H2. The maximum atomic E-state index is 3.43. The third-order valence-corrected chi connectivity index (χ3v) is 2.39. The third-order valence-electron chi connectivity index (χ3n) is 2.39. The van der Waals surface area contributed by atoms with Gasteiger partial charge in [0.15, 0.2) is 0 Å². The average molecular weight is 200 g/mol. The molecular formula is C10H24N4. The molecule has 84 valence electrons. The SMILES string of the molecule is C1CCNCNCCCNCCNC1. The fourth-order valence-electron chi connectivity index (χ4n) is 1.53. The van der Waals surface area contributed by atoms with Gasteiger partial charge in [0.2, 0.25) is 0 Å². The first kappa shape index (κ1) is 11.9. The lowest BCUT2D eigenvalue weighted by Gasteiger charge is -2.10. The van der Waals surface area contributed by atoms with Crippen LogP contribution < -0.4 is 21.3 Å². The van der Waals surface area contributed by atoms with Gasteiger partial charge >= 0.3 is 0 Å². The van der Waals surface area contributed by atoms with Crippen molar-refractivity contribution in [2.24, 2.45) is 0 Å². The molecule has 0 atom stereocenters. The molecule has 0 aliphatic carbocycles. The van der Waals surface area contributed by atoms with Crippen molar-refractivity contribution in [1.29, 1.82) is 0 Å². The van der Waals surface area contributed by atoms with E-state index in [0.717, 1.165) is 45.9 Å². The van der Waals surface area contributed by atoms with Crippen LogP contribution in [0.3, 0.4) is 0 Å². The van der Waals surface area contributed by atoms with Crippen LogP contribution in [-0.4, -0.2) is 45.9 Å². The summed E-state index contributed by atoms with van der Waals surface area (Å²) in [7, 11) is 0. The summed E-state index contributed by atoms with van der Waals surface area (Å²) in [5, 5.41) is 13.6. The maximum Gasteiger partial charge on any atom is 0.0454 e. The monoisotopic (exact) mass is 200 g/mol. The first-order valence-corrected chi connectivity index (χ1v) is 5.83. The van der Waals surface area contributed by atoms with Crippen molar-refractivity contribution in [2.45, 2.75) is 19.3 Å². The Labute approximate surface area is 87.2 Å². The molecule has 1 saturated heterocycles. The Bertz CT molecular complexity index is 65.4. The van der Waals surface area contributed by atoms with Crippen LogP contribution >= 0.6 is 0 Å². The van der Waals surface area contributed by atoms with Gasteiger partial charge in [0, 0.05) is 19.8 Å². The summed E-state index contributed by atoms with van der Waals surface area (Å²) in [6, 6.07) is 0. The zero-order valence-corrected chi connectivity index (χ0v) is 9.07. The van der Waals surface area contributed by atoms with Crippen molar-refractivity contribution in [3.8, 4) is 0 Å². The van der Waals surface area contributed by atoms with Gasteiger partial charge in [-0.05, 0) is 45.4 Å². The molecule has 1 rings (SSSR count).